The first-order valence-corrected chi connectivity index (χ1v) is 7.18. The summed E-state index contributed by atoms with van der Waals surface area (Å²) in [6, 6.07) is 0. The standard InChI is InChI=1S/C11H16N6S/c1-16-3-5-17(6-4-16)10-8-9(12-7-13-10)14-15-11(8)18-2/h7H,3-6H2,1-2H3,(H,12,13,14,15). The highest BCUT2D eigenvalue weighted by atomic mass is 32.2. The molecule has 1 aliphatic rings. The number of rotatable bonds is 2. The molecule has 1 saturated heterocycles. The molecule has 2 aromatic heterocycles. The van der Waals surface area contributed by atoms with Crippen LogP contribution in [0.1, 0.15) is 0 Å². The molecule has 2 aromatic rings. The summed E-state index contributed by atoms with van der Waals surface area (Å²) in [7, 11) is 2.15. The van der Waals surface area contributed by atoms with Gasteiger partial charge < -0.3 is 9.80 Å². The third-order valence-electron chi connectivity index (χ3n) is 3.30. The second kappa shape index (κ2) is 4.74. The Bertz CT molecular complexity index is 545. The Labute approximate surface area is 110 Å². The number of anilines is 1. The number of fused-ring (bicyclic) bond motifs is 1. The Kier molecular flexibility index (Phi) is 3.09. The molecule has 0 atom stereocenters. The molecule has 0 spiro atoms. The van der Waals surface area contributed by atoms with E-state index in [1.165, 1.54) is 0 Å². The van der Waals surface area contributed by atoms with Gasteiger partial charge in [0.25, 0.3) is 0 Å². The zero-order valence-electron chi connectivity index (χ0n) is 10.6. The Morgan fingerprint density at radius 3 is 2.72 bits per heavy atom. The molecule has 0 bridgehead atoms. The van der Waals surface area contributed by atoms with Crippen LogP contribution in [0.4, 0.5) is 5.82 Å². The number of likely N-dealkylation sites (N-methyl/N-ethyl adjacent to an activating group) is 1. The maximum atomic E-state index is 4.46. The van der Waals surface area contributed by atoms with Crippen molar-refractivity contribution < 1.29 is 0 Å². The first-order chi connectivity index (χ1) is 8.79. The second-order valence-corrected chi connectivity index (χ2v) is 5.24. The van der Waals surface area contributed by atoms with Gasteiger partial charge in [0.15, 0.2) is 5.65 Å². The fourth-order valence-corrected chi connectivity index (χ4v) is 2.75. The van der Waals surface area contributed by atoms with Gasteiger partial charge in [-0.1, -0.05) is 0 Å². The highest BCUT2D eigenvalue weighted by molar-refractivity contribution is 7.98. The lowest BCUT2D eigenvalue weighted by molar-refractivity contribution is 0.312. The highest BCUT2D eigenvalue weighted by Crippen LogP contribution is 2.30. The van der Waals surface area contributed by atoms with Crippen molar-refractivity contribution in [3.8, 4) is 0 Å². The van der Waals surface area contributed by atoms with E-state index in [4.69, 9.17) is 0 Å². The zero-order chi connectivity index (χ0) is 12.5. The van der Waals surface area contributed by atoms with Gasteiger partial charge >= 0.3 is 0 Å². The summed E-state index contributed by atoms with van der Waals surface area (Å²) >= 11 is 1.62. The fraction of sp³-hybridized carbons (Fsp3) is 0.545. The van der Waals surface area contributed by atoms with Gasteiger partial charge in [0.05, 0.1) is 5.39 Å². The molecule has 3 rings (SSSR count). The van der Waals surface area contributed by atoms with Crippen molar-refractivity contribution >= 4 is 28.6 Å². The van der Waals surface area contributed by atoms with Crippen molar-refractivity contribution in [3.05, 3.63) is 6.33 Å². The van der Waals surface area contributed by atoms with E-state index in [-0.39, 0.29) is 0 Å². The van der Waals surface area contributed by atoms with Gasteiger partial charge in [0, 0.05) is 26.2 Å². The lowest BCUT2D eigenvalue weighted by Crippen LogP contribution is -2.44. The van der Waals surface area contributed by atoms with E-state index >= 15 is 0 Å². The topological polar surface area (TPSA) is 60.9 Å². The molecule has 1 aliphatic heterocycles. The zero-order valence-corrected chi connectivity index (χ0v) is 11.4. The summed E-state index contributed by atoms with van der Waals surface area (Å²) in [6.45, 7) is 4.14. The predicted molar refractivity (Wildman–Crippen MR) is 73.2 cm³/mol. The second-order valence-electron chi connectivity index (χ2n) is 4.44. The molecule has 1 fully saturated rings. The van der Waals surface area contributed by atoms with E-state index in [0.717, 1.165) is 48.1 Å². The van der Waals surface area contributed by atoms with Crippen LogP contribution in [0.15, 0.2) is 11.4 Å². The maximum Gasteiger partial charge on any atom is 0.161 e. The van der Waals surface area contributed by atoms with Crippen LogP contribution in [0.2, 0.25) is 0 Å². The summed E-state index contributed by atoms with van der Waals surface area (Å²) in [6.07, 6.45) is 3.63. The molecule has 1 N–H and O–H groups in total. The Morgan fingerprint density at radius 1 is 1.22 bits per heavy atom. The number of nitrogens with zero attached hydrogens (tertiary/aromatic N) is 5. The Morgan fingerprint density at radius 2 is 2.00 bits per heavy atom. The van der Waals surface area contributed by atoms with Crippen LogP contribution in [0.5, 0.6) is 0 Å². The third kappa shape index (κ3) is 1.93. The van der Waals surface area contributed by atoms with E-state index in [1.807, 2.05) is 6.26 Å². The minimum atomic E-state index is 0.822. The smallest absolute Gasteiger partial charge is 0.161 e. The SMILES string of the molecule is CSc1n[nH]c2ncnc(N3CCN(C)CC3)c12. The van der Waals surface area contributed by atoms with Crippen LogP contribution in [0.3, 0.4) is 0 Å². The van der Waals surface area contributed by atoms with Gasteiger partial charge in [-0.05, 0) is 13.3 Å². The monoisotopic (exact) mass is 264 g/mol. The van der Waals surface area contributed by atoms with E-state index in [2.05, 4.69) is 37.0 Å². The van der Waals surface area contributed by atoms with Gasteiger partial charge in [-0.3, -0.25) is 5.10 Å². The van der Waals surface area contributed by atoms with Crippen molar-refractivity contribution in [2.75, 3.05) is 44.4 Å². The summed E-state index contributed by atoms with van der Waals surface area (Å²) in [5.41, 5.74) is 0.822. The summed E-state index contributed by atoms with van der Waals surface area (Å²) in [5, 5.41) is 9.27. The molecule has 6 nitrogen and oxygen atoms in total. The molecule has 0 aromatic carbocycles. The number of aromatic amines is 1. The number of hydrogen-bond donors (Lipinski definition) is 1. The number of piperazine rings is 1. The van der Waals surface area contributed by atoms with Crippen LogP contribution in [-0.2, 0) is 0 Å². The lowest BCUT2D eigenvalue weighted by atomic mass is 10.3. The Balaban J connectivity index is 2.02. The van der Waals surface area contributed by atoms with Crippen molar-refractivity contribution in [1.82, 2.24) is 25.1 Å². The molecular formula is C11H16N6S. The van der Waals surface area contributed by atoms with Gasteiger partial charge in [-0.15, -0.1) is 11.8 Å². The minimum absolute atomic E-state index is 0.822. The lowest BCUT2D eigenvalue weighted by Gasteiger charge is -2.33. The third-order valence-corrected chi connectivity index (χ3v) is 3.98. The average Bonchev–Trinajstić information content (AvgIpc) is 2.82. The van der Waals surface area contributed by atoms with Crippen molar-refractivity contribution in [2.24, 2.45) is 0 Å². The molecule has 0 saturated carbocycles. The molecule has 0 amide bonds. The Hall–Kier alpha value is -1.34. The predicted octanol–water partition coefficient (Wildman–Crippen LogP) is 0.827. The van der Waals surface area contributed by atoms with Gasteiger partial charge in [0.1, 0.15) is 17.2 Å². The van der Waals surface area contributed by atoms with Crippen LogP contribution in [0, 0.1) is 0 Å². The number of hydrogen-bond acceptors (Lipinski definition) is 6. The van der Waals surface area contributed by atoms with Crippen molar-refractivity contribution in [3.63, 3.8) is 0 Å². The van der Waals surface area contributed by atoms with Crippen LogP contribution in [0.25, 0.3) is 11.0 Å². The van der Waals surface area contributed by atoms with Crippen LogP contribution in [-0.4, -0.2) is 64.5 Å². The van der Waals surface area contributed by atoms with E-state index < -0.39 is 0 Å². The van der Waals surface area contributed by atoms with Crippen molar-refractivity contribution in [1.29, 1.82) is 0 Å². The number of nitrogens with one attached hydrogen (secondary N) is 1. The molecule has 96 valence electrons. The average molecular weight is 264 g/mol. The molecule has 0 aliphatic carbocycles. The number of thioether (sulfide) groups is 1. The highest BCUT2D eigenvalue weighted by Gasteiger charge is 2.20. The molecule has 0 radical (unpaired) electrons. The van der Waals surface area contributed by atoms with Crippen LogP contribution < -0.4 is 4.90 Å². The van der Waals surface area contributed by atoms with Gasteiger partial charge in [0.2, 0.25) is 0 Å². The van der Waals surface area contributed by atoms with Gasteiger partial charge in [-0.2, -0.15) is 5.10 Å². The molecule has 18 heavy (non-hydrogen) atoms. The summed E-state index contributed by atoms with van der Waals surface area (Å²) in [4.78, 5) is 13.4. The summed E-state index contributed by atoms with van der Waals surface area (Å²) < 4.78 is 0. The molecule has 3 heterocycles. The number of H-pyrrole nitrogens is 1. The first kappa shape index (κ1) is 11.7. The normalized spacial score (nSPS) is 17.6. The molecular weight excluding hydrogens is 248 g/mol. The minimum Gasteiger partial charge on any atom is -0.353 e. The molecule has 7 heteroatoms. The number of aromatic nitrogens is 4. The van der Waals surface area contributed by atoms with E-state index in [1.54, 1.807) is 18.1 Å². The van der Waals surface area contributed by atoms with Crippen molar-refractivity contribution in [2.45, 2.75) is 5.03 Å². The van der Waals surface area contributed by atoms with Gasteiger partial charge in [-0.25, -0.2) is 9.97 Å². The summed E-state index contributed by atoms with van der Waals surface area (Å²) in [5.74, 6) is 1.01. The van der Waals surface area contributed by atoms with Crippen LogP contribution >= 0.6 is 11.8 Å². The largest absolute Gasteiger partial charge is 0.353 e. The maximum absolute atomic E-state index is 4.46. The first-order valence-electron chi connectivity index (χ1n) is 5.96. The van der Waals surface area contributed by atoms with E-state index in [9.17, 15) is 0 Å². The molecule has 0 unspecified atom stereocenters. The quantitative estimate of drug-likeness (QED) is 0.811. The fourth-order valence-electron chi connectivity index (χ4n) is 2.22. The van der Waals surface area contributed by atoms with E-state index in [0.29, 0.717) is 0 Å².